The maximum Gasteiger partial charge on any atom is 0.406 e. The Hall–Kier alpha value is -1.02. The smallest absolute Gasteiger partial charge is 0.344 e. The number of piperidine rings is 1. The molecule has 9 heteroatoms. The number of carbonyl (C=O) groups excluding carboxylic acids is 2. The predicted molar refractivity (Wildman–Crippen MR) is 76.6 cm³/mol. The van der Waals surface area contributed by atoms with Gasteiger partial charge in [-0.3, -0.25) is 9.59 Å². The van der Waals surface area contributed by atoms with E-state index in [9.17, 15) is 22.8 Å². The summed E-state index contributed by atoms with van der Waals surface area (Å²) in [5.74, 6) is -1.04. The number of hydrogen-bond donors (Lipinski definition) is 2. The van der Waals surface area contributed by atoms with Gasteiger partial charge in [-0.1, -0.05) is 0 Å². The maximum atomic E-state index is 12.3. The number of amides is 2. The standard InChI is InChI=1S/C13H20F3N3O2.ClH/c1-8-6-9(2-4-17-8)11(20)18-10-3-5-19(12(10)21)7-13(14,15)16;/h8-10,17H,2-7H2,1H3,(H,18,20);1H/t8-,9-,10?;/m0./s1. The highest BCUT2D eigenvalue weighted by Gasteiger charge is 2.40. The number of rotatable bonds is 3. The van der Waals surface area contributed by atoms with Gasteiger partial charge < -0.3 is 15.5 Å². The molecule has 2 amide bonds. The molecule has 2 saturated heterocycles. The van der Waals surface area contributed by atoms with Crippen molar-refractivity contribution in [3.63, 3.8) is 0 Å². The van der Waals surface area contributed by atoms with E-state index >= 15 is 0 Å². The van der Waals surface area contributed by atoms with Gasteiger partial charge in [0.1, 0.15) is 12.6 Å². The minimum Gasteiger partial charge on any atom is -0.344 e. The van der Waals surface area contributed by atoms with E-state index in [0.29, 0.717) is 12.8 Å². The second-order valence-corrected chi connectivity index (χ2v) is 5.80. The molecule has 0 aromatic heterocycles. The van der Waals surface area contributed by atoms with Crippen molar-refractivity contribution in [2.24, 2.45) is 5.92 Å². The number of nitrogens with one attached hydrogen (secondary N) is 2. The molecule has 2 heterocycles. The lowest BCUT2D eigenvalue weighted by molar-refractivity contribution is -0.158. The Morgan fingerprint density at radius 2 is 2.09 bits per heavy atom. The van der Waals surface area contributed by atoms with Crippen molar-refractivity contribution in [3.8, 4) is 0 Å². The minimum atomic E-state index is -4.40. The van der Waals surface area contributed by atoms with Crippen LogP contribution in [0.5, 0.6) is 0 Å². The Morgan fingerprint density at radius 1 is 1.41 bits per heavy atom. The van der Waals surface area contributed by atoms with E-state index in [4.69, 9.17) is 0 Å². The number of alkyl halides is 3. The fourth-order valence-electron chi connectivity index (χ4n) is 2.91. The second kappa shape index (κ2) is 7.50. The van der Waals surface area contributed by atoms with Crippen LogP contribution in [0.4, 0.5) is 13.2 Å². The fourth-order valence-corrected chi connectivity index (χ4v) is 2.91. The minimum absolute atomic E-state index is 0. The largest absolute Gasteiger partial charge is 0.406 e. The molecule has 0 bridgehead atoms. The van der Waals surface area contributed by atoms with Crippen LogP contribution in [0.25, 0.3) is 0 Å². The van der Waals surface area contributed by atoms with Gasteiger partial charge in [-0.25, -0.2) is 0 Å². The fraction of sp³-hybridized carbons (Fsp3) is 0.846. The van der Waals surface area contributed by atoms with E-state index in [0.717, 1.165) is 11.4 Å². The van der Waals surface area contributed by atoms with Crippen LogP contribution < -0.4 is 10.6 Å². The summed E-state index contributed by atoms with van der Waals surface area (Å²) < 4.78 is 36.9. The SMILES string of the molecule is C[C@H]1C[C@@H](C(=O)NC2CCN(CC(F)(F)F)C2=O)CCN1.Cl. The molecule has 5 nitrogen and oxygen atoms in total. The van der Waals surface area contributed by atoms with Crippen molar-refractivity contribution in [3.05, 3.63) is 0 Å². The molecule has 22 heavy (non-hydrogen) atoms. The van der Waals surface area contributed by atoms with Gasteiger partial charge in [-0.15, -0.1) is 12.4 Å². The van der Waals surface area contributed by atoms with Crippen LogP contribution in [0.15, 0.2) is 0 Å². The molecule has 0 aliphatic carbocycles. The van der Waals surface area contributed by atoms with Gasteiger partial charge in [0.05, 0.1) is 0 Å². The van der Waals surface area contributed by atoms with Gasteiger partial charge in [-0.05, 0) is 32.7 Å². The van der Waals surface area contributed by atoms with Crippen molar-refractivity contribution in [2.75, 3.05) is 19.6 Å². The Bertz CT molecular complexity index is 420. The molecule has 128 valence electrons. The molecule has 2 aliphatic heterocycles. The summed E-state index contributed by atoms with van der Waals surface area (Å²) in [7, 11) is 0. The molecule has 0 saturated carbocycles. The molecule has 0 aromatic carbocycles. The van der Waals surface area contributed by atoms with Gasteiger partial charge in [0.15, 0.2) is 0 Å². The summed E-state index contributed by atoms with van der Waals surface area (Å²) in [6.07, 6.45) is -2.80. The van der Waals surface area contributed by atoms with E-state index in [-0.39, 0.29) is 43.2 Å². The summed E-state index contributed by atoms with van der Waals surface area (Å²) in [4.78, 5) is 24.7. The predicted octanol–water partition coefficient (Wildman–Crippen LogP) is 1.08. The van der Waals surface area contributed by atoms with Crippen LogP contribution in [-0.2, 0) is 9.59 Å². The first-order valence-corrected chi connectivity index (χ1v) is 7.15. The first-order chi connectivity index (χ1) is 9.76. The molecule has 2 rings (SSSR count). The molecular weight excluding hydrogens is 323 g/mol. The number of carbonyl (C=O) groups is 2. The molecule has 0 aromatic rings. The summed E-state index contributed by atoms with van der Waals surface area (Å²) in [5.41, 5.74) is 0. The lowest BCUT2D eigenvalue weighted by atomic mass is 9.92. The topological polar surface area (TPSA) is 61.4 Å². The lowest BCUT2D eigenvalue weighted by Crippen LogP contribution is -2.48. The van der Waals surface area contributed by atoms with Crippen LogP contribution in [-0.4, -0.2) is 54.6 Å². The number of nitrogens with zero attached hydrogens (tertiary/aromatic N) is 1. The monoisotopic (exact) mass is 343 g/mol. The maximum absolute atomic E-state index is 12.3. The molecule has 2 fully saturated rings. The summed E-state index contributed by atoms with van der Waals surface area (Å²) >= 11 is 0. The van der Waals surface area contributed by atoms with Crippen LogP contribution in [0.1, 0.15) is 26.2 Å². The highest BCUT2D eigenvalue weighted by atomic mass is 35.5. The first kappa shape index (κ1) is 19.0. The van der Waals surface area contributed by atoms with E-state index in [1.165, 1.54) is 0 Å². The molecule has 2 N–H and O–H groups in total. The summed E-state index contributed by atoms with van der Waals surface area (Å²) in [6.45, 7) is 1.50. The van der Waals surface area contributed by atoms with Crippen LogP contribution >= 0.6 is 12.4 Å². The highest BCUT2D eigenvalue weighted by molar-refractivity contribution is 5.90. The quantitative estimate of drug-likeness (QED) is 0.806. The van der Waals surface area contributed by atoms with E-state index < -0.39 is 24.7 Å². The zero-order valence-corrected chi connectivity index (χ0v) is 13.1. The third-order valence-corrected chi connectivity index (χ3v) is 3.98. The number of halogens is 4. The van der Waals surface area contributed by atoms with Crippen molar-refractivity contribution in [1.82, 2.24) is 15.5 Å². The Labute approximate surface area is 133 Å². The van der Waals surface area contributed by atoms with Crippen LogP contribution in [0, 0.1) is 5.92 Å². The molecular formula is C13H21ClF3N3O2. The number of likely N-dealkylation sites (tertiary alicyclic amines) is 1. The molecule has 1 unspecified atom stereocenters. The van der Waals surface area contributed by atoms with Crippen LogP contribution in [0.2, 0.25) is 0 Å². The summed E-state index contributed by atoms with van der Waals surface area (Å²) in [5, 5.41) is 5.83. The van der Waals surface area contributed by atoms with Crippen molar-refractivity contribution < 1.29 is 22.8 Å². The summed E-state index contributed by atoms with van der Waals surface area (Å²) in [6, 6.07) is -0.583. The molecule has 3 atom stereocenters. The molecule has 0 radical (unpaired) electrons. The van der Waals surface area contributed by atoms with E-state index in [2.05, 4.69) is 10.6 Å². The normalized spacial score (nSPS) is 29.2. The van der Waals surface area contributed by atoms with Crippen molar-refractivity contribution in [1.29, 1.82) is 0 Å². The zero-order chi connectivity index (χ0) is 15.6. The van der Waals surface area contributed by atoms with Crippen molar-refractivity contribution >= 4 is 24.2 Å². The first-order valence-electron chi connectivity index (χ1n) is 7.15. The average Bonchev–Trinajstić information content (AvgIpc) is 2.69. The van der Waals surface area contributed by atoms with Gasteiger partial charge in [-0.2, -0.15) is 13.2 Å². The average molecular weight is 344 g/mol. The molecule has 0 spiro atoms. The van der Waals surface area contributed by atoms with E-state index in [1.54, 1.807) is 0 Å². The van der Waals surface area contributed by atoms with Crippen molar-refractivity contribution in [2.45, 2.75) is 44.4 Å². The number of hydrogen-bond acceptors (Lipinski definition) is 3. The second-order valence-electron chi connectivity index (χ2n) is 5.80. The Balaban J connectivity index is 0.00000242. The van der Waals surface area contributed by atoms with Crippen LogP contribution in [0.3, 0.4) is 0 Å². The highest BCUT2D eigenvalue weighted by Crippen LogP contribution is 2.22. The third-order valence-electron chi connectivity index (χ3n) is 3.98. The third kappa shape index (κ3) is 5.01. The lowest BCUT2D eigenvalue weighted by Gasteiger charge is -2.28. The zero-order valence-electron chi connectivity index (χ0n) is 12.3. The van der Waals surface area contributed by atoms with Gasteiger partial charge >= 0.3 is 6.18 Å². The van der Waals surface area contributed by atoms with Gasteiger partial charge in [0.2, 0.25) is 11.8 Å². The Kier molecular flexibility index (Phi) is 6.49. The van der Waals surface area contributed by atoms with E-state index in [1.807, 2.05) is 6.92 Å². The van der Waals surface area contributed by atoms with Gasteiger partial charge in [0, 0.05) is 18.5 Å². The van der Waals surface area contributed by atoms with Gasteiger partial charge in [0.25, 0.3) is 0 Å². The molecule has 2 aliphatic rings. The Morgan fingerprint density at radius 3 is 2.68 bits per heavy atom.